The van der Waals surface area contributed by atoms with Crippen LogP contribution in [0.15, 0.2) is 109 Å². The van der Waals surface area contributed by atoms with Crippen molar-refractivity contribution in [2.45, 2.75) is 329 Å². The van der Waals surface area contributed by atoms with Crippen molar-refractivity contribution in [3.05, 3.63) is 109 Å². The van der Waals surface area contributed by atoms with Crippen LogP contribution in [0.4, 0.5) is 0 Å². The van der Waals surface area contributed by atoms with Gasteiger partial charge < -0.3 is 14.2 Å². The maximum atomic E-state index is 12.9. The van der Waals surface area contributed by atoms with Gasteiger partial charge in [-0.2, -0.15) is 0 Å². The fraction of sp³-hybridized carbons (Fsp3) is 0.716. The van der Waals surface area contributed by atoms with Gasteiger partial charge in [0.1, 0.15) is 13.2 Å². The lowest BCUT2D eigenvalue weighted by atomic mass is 10.0. The first-order valence-electron chi connectivity index (χ1n) is 33.9. The maximum absolute atomic E-state index is 12.9. The van der Waals surface area contributed by atoms with E-state index in [0.29, 0.717) is 19.3 Å². The third kappa shape index (κ3) is 64.9. The number of unbranched alkanes of at least 4 members (excludes halogenated alkanes) is 32. The molecule has 0 aliphatic carbocycles. The molecule has 0 bridgehead atoms. The second kappa shape index (κ2) is 67.6. The zero-order valence-electron chi connectivity index (χ0n) is 52.6. The van der Waals surface area contributed by atoms with Gasteiger partial charge in [-0.3, -0.25) is 14.4 Å². The Kier molecular flexibility index (Phi) is 64.3. The molecule has 0 radical (unpaired) electrons. The lowest BCUT2D eigenvalue weighted by Gasteiger charge is -2.18. The van der Waals surface area contributed by atoms with Gasteiger partial charge in [0.05, 0.1) is 0 Å². The van der Waals surface area contributed by atoms with Crippen LogP contribution in [0.5, 0.6) is 0 Å². The highest BCUT2D eigenvalue weighted by atomic mass is 16.6. The minimum Gasteiger partial charge on any atom is -0.462 e. The average molecular weight is 1110 g/mol. The van der Waals surface area contributed by atoms with E-state index < -0.39 is 6.10 Å². The largest absolute Gasteiger partial charge is 0.462 e. The minimum absolute atomic E-state index is 0.0787. The molecule has 0 amide bonds. The number of carbonyl (C=O) groups is 3. The number of carbonyl (C=O) groups excluding carboxylic acids is 3. The van der Waals surface area contributed by atoms with E-state index in [0.717, 1.165) is 122 Å². The Morgan fingerprint density at radius 2 is 0.487 bits per heavy atom. The third-order valence-electron chi connectivity index (χ3n) is 14.5. The van der Waals surface area contributed by atoms with E-state index in [9.17, 15) is 14.4 Å². The van der Waals surface area contributed by atoms with Crippen molar-refractivity contribution < 1.29 is 28.6 Å². The molecule has 0 N–H and O–H groups in total. The van der Waals surface area contributed by atoms with Crippen LogP contribution >= 0.6 is 0 Å². The summed E-state index contributed by atoms with van der Waals surface area (Å²) in [4.78, 5) is 38.3. The molecule has 6 nitrogen and oxygen atoms in total. The summed E-state index contributed by atoms with van der Waals surface area (Å²) in [7, 11) is 0. The van der Waals surface area contributed by atoms with E-state index in [4.69, 9.17) is 14.2 Å². The van der Waals surface area contributed by atoms with Gasteiger partial charge in [0, 0.05) is 19.3 Å². The fourth-order valence-corrected chi connectivity index (χ4v) is 9.45. The molecular weight excluding hydrogens is 985 g/mol. The summed E-state index contributed by atoms with van der Waals surface area (Å²) in [5.41, 5.74) is 0. The van der Waals surface area contributed by atoms with Gasteiger partial charge in [-0.15, -0.1) is 0 Å². The van der Waals surface area contributed by atoms with Crippen LogP contribution in [0.25, 0.3) is 0 Å². The Bertz CT molecular complexity index is 1610. The summed E-state index contributed by atoms with van der Waals surface area (Å²) < 4.78 is 16.9. The van der Waals surface area contributed by atoms with Crippen molar-refractivity contribution >= 4 is 17.9 Å². The first kappa shape index (κ1) is 76.1. The monoisotopic (exact) mass is 1110 g/mol. The normalized spacial score (nSPS) is 12.8. The topological polar surface area (TPSA) is 78.9 Å². The first-order chi connectivity index (χ1) is 39.5. The Hall–Kier alpha value is -3.93. The first-order valence-corrected chi connectivity index (χ1v) is 33.9. The Morgan fingerprint density at radius 1 is 0.263 bits per heavy atom. The Balaban J connectivity index is 4.19. The van der Waals surface area contributed by atoms with Gasteiger partial charge in [0.2, 0.25) is 0 Å². The molecule has 0 fully saturated rings. The molecule has 0 saturated heterocycles. The summed E-state index contributed by atoms with van der Waals surface area (Å²) in [5, 5.41) is 0. The summed E-state index contributed by atoms with van der Waals surface area (Å²) in [6.45, 7) is 6.53. The molecule has 0 aromatic heterocycles. The zero-order chi connectivity index (χ0) is 57.8. The van der Waals surface area contributed by atoms with Crippen molar-refractivity contribution in [1.82, 2.24) is 0 Å². The van der Waals surface area contributed by atoms with Gasteiger partial charge in [0.15, 0.2) is 6.10 Å². The summed E-state index contributed by atoms with van der Waals surface area (Å²) in [6.07, 6.45) is 92.5. The SMILES string of the molecule is CC/C=C\C/C=C\C/C=C\C/C=C\C/C=C\C/C=C\C/C=C\C/C=C\CCCCCCCCCCCCC(=O)OCC(COC(=O)CCCCCCCCCCCCCC)OC(=O)CCCCCCC/C=C\CCCCCCCC. The van der Waals surface area contributed by atoms with Crippen LogP contribution in [0.1, 0.15) is 323 Å². The van der Waals surface area contributed by atoms with Gasteiger partial charge >= 0.3 is 17.9 Å². The molecule has 1 atom stereocenters. The van der Waals surface area contributed by atoms with Crippen LogP contribution in [-0.4, -0.2) is 37.2 Å². The van der Waals surface area contributed by atoms with E-state index in [1.165, 1.54) is 161 Å². The highest BCUT2D eigenvalue weighted by Gasteiger charge is 2.19. The van der Waals surface area contributed by atoms with Crippen molar-refractivity contribution in [2.75, 3.05) is 13.2 Å². The summed E-state index contributed by atoms with van der Waals surface area (Å²) in [6, 6.07) is 0. The van der Waals surface area contributed by atoms with Crippen molar-refractivity contribution in [2.24, 2.45) is 0 Å². The van der Waals surface area contributed by atoms with Gasteiger partial charge in [-0.05, 0) is 109 Å². The van der Waals surface area contributed by atoms with E-state index in [1.807, 2.05) is 0 Å². The molecule has 0 rings (SSSR count). The van der Waals surface area contributed by atoms with E-state index in [2.05, 4.69) is 130 Å². The molecule has 0 heterocycles. The lowest BCUT2D eigenvalue weighted by Crippen LogP contribution is -2.30. The molecule has 0 aromatic carbocycles. The predicted octanol–water partition coefficient (Wildman–Crippen LogP) is 23.4. The Labute approximate surface area is 495 Å². The van der Waals surface area contributed by atoms with Crippen LogP contribution in [0.3, 0.4) is 0 Å². The highest BCUT2D eigenvalue weighted by Crippen LogP contribution is 2.16. The van der Waals surface area contributed by atoms with Crippen LogP contribution in [-0.2, 0) is 28.6 Å². The van der Waals surface area contributed by atoms with Crippen LogP contribution in [0, 0.1) is 0 Å². The van der Waals surface area contributed by atoms with Gasteiger partial charge in [0.25, 0.3) is 0 Å². The number of allylic oxidation sites excluding steroid dienone is 18. The molecule has 1 unspecified atom stereocenters. The lowest BCUT2D eigenvalue weighted by molar-refractivity contribution is -0.167. The summed E-state index contributed by atoms with van der Waals surface area (Å²) in [5.74, 6) is -0.881. The molecule has 0 aliphatic rings. The highest BCUT2D eigenvalue weighted by molar-refractivity contribution is 5.71. The predicted molar refractivity (Wildman–Crippen MR) is 348 cm³/mol. The maximum Gasteiger partial charge on any atom is 0.306 e. The molecule has 0 saturated carbocycles. The van der Waals surface area contributed by atoms with Crippen LogP contribution in [0.2, 0.25) is 0 Å². The number of ether oxygens (including phenoxy) is 3. The number of rotatable bonds is 61. The smallest absolute Gasteiger partial charge is 0.306 e. The standard InChI is InChI=1S/C74H126O6/c1-4-7-10-13-16-19-22-25-27-28-29-30-31-32-33-34-35-36-37-38-39-40-41-42-43-44-45-46-48-49-52-55-58-61-64-67-73(76)79-70-71(69-78-72(75)66-63-60-57-54-51-24-21-18-15-12-9-6-3)80-74(77)68-65-62-59-56-53-50-47-26-23-20-17-14-11-8-5-2/h7,10,16,19,25-27,29-30,32-33,35-36,38-39,41-42,47,71H,4-6,8-9,11-15,17-18,20-24,28,31,34,37,40,43-46,48-70H2,1-3H3/b10-7-,19-16-,27-25-,30-29-,33-32-,36-35-,39-38-,42-41-,47-26-. The van der Waals surface area contributed by atoms with Crippen molar-refractivity contribution in [3.63, 3.8) is 0 Å². The van der Waals surface area contributed by atoms with Crippen molar-refractivity contribution in [1.29, 1.82) is 0 Å². The number of hydrogen-bond donors (Lipinski definition) is 0. The molecule has 6 heteroatoms. The molecule has 0 spiro atoms. The average Bonchev–Trinajstić information content (AvgIpc) is 3.46. The second-order valence-corrected chi connectivity index (χ2v) is 22.4. The van der Waals surface area contributed by atoms with Crippen molar-refractivity contribution in [3.8, 4) is 0 Å². The zero-order valence-corrected chi connectivity index (χ0v) is 52.6. The quantitative estimate of drug-likeness (QED) is 0.0261. The molecule has 0 aromatic rings. The van der Waals surface area contributed by atoms with Gasteiger partial charge in [-0.25, -0.2) is 0 Å². The summed E-state index contributed by atoms with van der Waals surface area (Å²) >= 11 is 0. The third-order valence-corrected chi connectivity index (χ3v) is 14.5. The molecular formula is C74H126O6. The van der Waals surface area contributed by atoms with E-state index >= 15 is 0 Å². The molecule has 458 valence electrons. The van der Waals surface area contributed by atoms with E-state index in [-0.39, 0.29) is 31.1 Å². The second-order valence-electron chi connectivity index (χ2n) is 22.4. The fourth-order valence-electron chi connectivity index (χ4n) is 9.45. The molecule has 80 heavy (non-hydrogen) atoms. The van der Waals surface area contributed by atoms with Gasteiger partial charge in [-0.1, -0.05) is 304 Å². The number of hydrogen-bond acceptors (Lipinski definition) is 6. The molecule has 0 aliphatic heterocycles. The Morgan fingerprint density at radius 3 is 0.775 bits per heavy atom. The van der Waals surface area contributed by atoms with E-state index in [1.54, 1.807) is 0 Å². The van der Waals surface area contributed by atoms with Crippen LogP contribution < -0.4 is 0 Å². The number of esters is 3. The minimum atomic E-state index is -0.782.